The van der Waals surface area contributed by atoms with E-state index in [1.165, 1.54) is 36.4 Å². The molecule has 0 saturated heterocycles. The Morgan fingerprint density at radius 3 is 1.31 bits per heavy atom. The second-order valence-electron chi connectivity index (χ2n) is 6.79. The Bertz CT molecular complexity index is 1260. The standard InChI is InChI=1S/C24H16O8/c25-17-7-5-13(11-19(17)27)23(29)31-21-9-10-22(16-4-2-1-3-15(16)21)32-24(30)14-6-8-18(26)20(28)12-14/h1-12,25-28H. The minimum Gasteiger partial charge on any atom is -0.504 e. The Morgan fingerprint density at radius 2 is 0.938 bits per heavy atom. The van der Waals surface area contributed by atoms with Gasteiger partial charge in [-0.3, -0.25) is 0 Å². The highest BCUT2D eigenvalue weighted by Crippen LogP contribution is 2.35. The van der Waals surface area contributed by atoms with Gasteiger partial charge in [-0.1, -0.05) is 24.3 Å². The average molecular weight is 432 g/mol. The van der Waals surface area contributed by atoms with Gasteiger partial charge in [-0.25, -0.2) is 9.59 Å². The molecule has 8 nitrogen and oxygen atoms in total. The molecule has 0 unspecified atom stereocenters. The number of ether oxygens (including phenoxy) is 2. The van der Waals surface area contributed by atoms with E-state index in [-0.39, 0.29) is 34.1 Å². The van der Waals surface area contributed by atoms with Gasteiger partial charge in [0.15, 0.2) is 23.0 Å². The van der Waals surface area contributed by atoms with Gasteiger partial charge in [0.2, 0.25) is 0 Å². The van der Waals surface area contributed by atoms with Crippen LogP contribution < -0.4 is 9.47 Å². The summed E-state index contributed by atoms with van der Waals surface area (Å²) in [5, 5.41) is 39.0. The molecule has 4 N–H and O–H groups in total. The first-order chi connectivity index (χ1) is 15.3. The van der Waals surface area contributed by atoms with Gasteiger partial charge in [0.1, 0.15) is 11.5 Å². The molecular formula is C24H16O8. The number of hydrogen-bond donors (Lipinski definition) is 4. The molecule has 0 amide bonds. The molecular weight excluding hydrogens is 416 g/mol. The van der Waals surface area contributed by atoms with E-state index in [1.807, 2.05) is 0 Å². The largest absolute Gasteiger partial charge is 0.504 e. The van der Waals surface area contributed by atoms with Crippen molar-refractivity contribution in [3.05, 3.63) is 83.9 Å². The average Bonchev–Trinajstić information content (AvgIpc) is 2.79. The Morgan fingerprint density at radius 1 is 0.531 bits per heavy atom. The first-order valence-corrected chi connectivity index (χ1v) is 9.33. The summed E-state index contributed by atoms with van der Waals surface area (Å²) < 4.78 is 10.9. The zero-order valence-electron chi connectivity index (χ0n) is 16.4. The second kappa shape index (κ2) is 8.19. The molecule has 4 rings (SSSR count). The molecule has 8 heteroatoms. The van der Waals surface area contributed by atoms with E-state index in [1.54, 1.807) is 24.3 Å². The number of aromatic hydroxyl groups is 4. The summed E-state index contributed by atoms with van der Waals surface area (Å²) in [6.45, 7) is 0. The van der Waals surface area contributed by atoms with Crippen LogP contribution in [0.4, 0.5) is 0 Å². The van der Waals surface area contributed by atoms with Crippen LogP contribution in [0, 0.1) is 0 Å². The number of phenols is 4. The Balaban J connectivity index is 1.63. The minimum absolute atomic E-state index is 0.0343. The van der Waals surface area contributed by atoms with E-state index >= 15 is 0 Å². The molecule has 0 aromatic heterocycles. The van der Waals surface area contributed by atoms with Gasteiger partial charge in [-0.05, 0) is 48.5 Å². The molecule has 4 aromatic rings. The summed E-state index contributed by atoms with van der Waals surface area (Å²) >= 11 is 0. The summed E-state index contributed by atoms with van der Waals surface area (Å²) in [5.74, 6) is -2.75. The van der Waals surface area contributed by atoms with Crippen molar-refractivity contribution in [1.29, 1.82) is 0 Å². The number of phenolic OH excluding ortho intramolecular Hbond substituents is 4. The molecule has 32 heavy (non-hydrogen) atoms. The lowest BCUT2D eigenvalue weighted by molar-refractivity contribution is 0.0722. The van der Waals surface area contributed by atoms with Gasteiger partial charge in [-0.2, -0.15) is 0 Å². The third-order valence-electron chi connectivity index (χ3n) is 4.67. The fraction of sp³-hybridized carbons (Fsp3) is 0. The number of carbonyl (C=O) groups excluding carboxylic acids is 2. The van der Waals surface area contributed by atoms with Crippen molar-refractivity contribution >= 4 is 22.7 Å². The van der Waals surface area contributed by atoms with Crippen molar-refractivity contribution in [2.45, 2.75) is 0 Å². The molecule has 0 spiro atoms. The maximum Gasteiger partial charge on any atom is 0.343 e. The Hall–Kier alpha value is -4.72. The summed E-state index contributed by atoms with van der Waals surface area (Å²) in [5.41, 5.74) is 0.0686. The number of rotatable bonds is 4. The van der Waals surface area contributed by atoms with Crippen LogP contribution in [0.5, 0.6) is 34.5 Å². The highest BCUT2D eigenvalue weighted by atomic mass is 16.5. The lowest BCUT2D eigenvalue weighted by Gasteiger charge is -2.12. The summed E-state index contributed by atoms with van der Waals surface area (Å²) in [4.78, 5) is 25.0. The summed E-state index contributed by atoms with van der Waals surface area (Å²) in [7, 11) is 0. The summed E-state index contributed by atoms with van der Waals surface area (Å²) in [6.07, 6.45) is 0. The van der Waals surface area contributed by atoms with Crippen LogP contribution in [0.2, 0.25) is 0 Å². The Labute approximate surface area is 181 Å². The lowest BCUT2D eigenvalue weighted by atomic mass is 10.1. The monoisotopic (exact) mass is 432 g/mol. The van der Waals surface area contributed by atoms with Crippen molar-refractivity contribution in [3.8, 4) is 34.5 Å². The highest BCUT2D eigenvalue weighted by molar-refractivity contribution is 6.00. The number of benzene rings is 4. The first kappa shape index (κ1) is 20.5. The molecule has 0 saturated carbocycles. The topological polar surface area (TPSA) is 134 Å². The van der Waals surface area contributed by atoms with E-state index in [0.717, 1.165) is 12.1 Å². The Kier molecular flexibility index (Phi) is 5.26. The molecule has 0 aliphatic carbocycles. The van der Waals surface area contributed by atoms with Gasteiger partial charge in [0, 0.05) is 10.8 Å². The van der Waals surface area contributed by atoms with Gasteiger partial charge >= 0.3 is 11.9 Å². The number of carbonyl (C=O) groups is 2. The normalized spacial score (nSPS) is 10.6. The molecule has 0 aliphatic heterocycles. The SMILES string of the molecule is O=C(Oc1ccc(OC(=O)c2ccc(O)c(O)c2)c2ccccc12)c1ccc(O)c(O)c1. The molecule has 0 aliphatic rings. The molecule has 0 heterocycles. The molecule has 0 bridgehead atoms. The predicted octanol–water partition coefficient (Wildman–Crippen LogP) is 4.10. The van der Waals surface area contributed by atoms with Crippen LogP contribution in [0.1, 0.15) is 20.7 Å². The van der Waals surface area contributed by atoms with Gasteiger partial charge in [0.05, 0.1) is 11.1 Å². The van der Waals surface area contributed by atoms with Crippen molar-refractivity contribution in [2.75, 3.05) is 0 Å². The number of hydrogen-bond acceptors (Lipinski definition) is 8. The van der Waals surface area contributed by atoms with E-state index in [4.69, 9.17) is 9.47 Å². The quantitative estimate of drug-likeness (QED) is 0.215. The zero-order chi connectivity index (χ0) is 22.8. The van der Waals surface area contributed by atoms with E-state index in [0.29, 0.717) is 10.8 Å². The van der Waals surface area contributed by atoms with Gasteiger partial charge < -0.3 is 29.9 Å². The third kappa shape index (κ3) is 3.97. The van der Waals surface area contributed by atoms with Crippen LogP contribution in [0.15, 0.2) is 72.8 Å². The second-order valence-corrected chi connectivity index (χ2v) is 6.79. The van der Waals surface area contributed by atoms with Crippen LogP contribution >= 0.6 is 0 Å². The van der Waals surface area contributed by atoms with E-state index in [9.17, 15) is 30.0 Å². The fourth-order valence-electron chi connectivity index (χ4n) is 3.04. The molecule has 0 atom stereocenters. The van der Waals surface area contributed by atoms with Gasteiger partial charge in [0.25, 0.3) is 0 Å². The summed E-state index contributed by atoms with van der Waals surface area (Å²) in [6, 6.07) is 16.8. The van der Waals surface area contributed by atoms with E-state index < -0.39 is 23.4 Å². The van der Waals surface area contributed by atoms with Crippen molar-refractivity contribution < 1.29 is 39.5 Å². The number of fused-ring (bicyclic) bond motifs is 1. The minimum atomic E-state index is -0.755. The predicted molar refractivity (Wildman–Crippen MR) is 113 cm³/mol. The smallest absolute Gasteiger partial charge is 0.343 e. The molecule has 4 aromatic carbocycles. The third-order valence-corrected chi connectivity index (χ3v) is 4.67. The lowest BCUT2D eigenvalue weighted by Crippen LogP contribution is -2.10. The van der Waals surface area contributed by atoms with Crippen LogP contribution in [-0.2, 0) is 0 Å². The van der Waals surface area contributed by atoms with Crippen molar-refractivity contribution in [3.63, 3.8) is 0 Å². The molecule has 0 fully saturated rings. The zero-order valence-corrected chi connectivity index (χ0v) is 16.4. The van der Waals surface area contributed by atoms with Gasteiger partial charge in [-0.15, -0.1) is 0 Å². The maximum absolute atomic E-state index is 12.5. The maximum atomic E-state index is 12.5. The first-order valence-electron chi connectivity index (χ1n) is 9.33. The van der Waals surface area contributed by atoms with Crippen LogP contribution in [-0.4, -0.2) is 32.4 Å². The van der Waals surface area contributed by atoms with Crippen LogP contribution in [0.25, 0.3) is 10.8 Å². The molecule has 0 radical (unpaired) electrons. The van der Waals surface area contributed by atoms with Crippen molar-refractivity contribution in [2.24, 2.45) is 0 Å². The van der Waals surface area contributed by atoms with Crippen LogP contribution in [0.3, 0.4) is 0 Å². The molecule has 160 valence electrons. The highest BCUT2D eigenvalue weighted by Gasteiger charge is 2.17. The number of esters is 2. The fourth-order valence-corrected chi connectivity index (χ4v) is 3.04. The van der Waals surface area contributed by atoms with Crippen molar-refractivity contribution in [1.82, 2.24) is 0 Å². The van der Waals surface area contributed by atoms with E-state index in [2.05, 4.69) is 0 Å².